The van der Waals surface area contributed by atoms with Crippen LogP contribution in [0.3, 0.4) is 0 Å². The minimum atomic E-state index is 0.529. The van der Waals surface area contributed by atoms with Gasteiger partial charge in [-0.05, 0) is 26.0 Å². The van der Waals surface area contributed by atoms with E-state index >= 15 is 0 Å². The predicted octanol–water partition coefficient (Wildman–Crippen LogP) is 0.811. The van der Waals surface area contributed by atoms with E-state index in [0.717, 1.165) is 37.7 Å². The van der Waals surface area contributed by atoms with Gasteiger partial charge in [0, 0.05) is 32.5 Å². The van der Waals surface area contributed by atoms with E-state index in [0.29, 0.717) is 12.6 Å². The van der Waals surface area contributed by atoms with E-state index in [4.69, 9.17) is 4.74 Å². The second-order valence-electron chi connectivity index (χ2n) is 4.32. The van der Waals surface area contributed by atoms with E-state index in [9.17, 15) is 0 Å². The van der Waals surface area contributed by atoms with E-state index in [2.05, 4.69) is 27.2 Å². The molecule has 0 spiro atoms. The van der Waals surface area contributed by atoms with E-state index < -0.39 is 0 Å². The Morgan fingerprint density at radius 1 is 1.47 bits per heavy atom. The zero-order valence-electron chi connectivity index (χ0n) is 10.5. The summed E-state index contributed by atoms with van der Waals surface area (Å²) in [6, 6.07) is 2.50. The summed E-state index contributed by atoms with van der Waals surface area (Å²) < 4.78 is 5.38. The lowest BCUT2D eigenvalue weighted by molar-refractivity contribution is 0.0853. The van der Waals surface area contributed by atoms with Crippen molar-refractivity contribution in [1.29, 1.82) is 0 Å². The smallest absolute Gasteiger partial charge is 0.144 e. The van der Waals surface area contributed by atoms with Crippen molar-refractivity contribution in [1.82, 2.24) is 15.3 Å². The van der Waals surface area contributed by atoms with E-state index in [1.165, 1.54) is 0 Å². The normalized spacial score (nSPS) is 17.1. The summed E-state index contributed by atoms with van der Waals surface area (Å²) in [4.78, 5) is 11.0. The molecule has 17 heavy (non-hydrogen) atoms. The molecule has 0 amide bonds. The molecule has 0 aliphatic carbocycles. The van der Waals surface area contributed by atoms with Crippen LogP contribution in [0.15, 0.2) is 12.3 Å². The van der Waals surface area contributed by atoms with Gasteiger partial charge in [0.1, 0.15) is 11.6 Å². The molecular formula is C12H20N4O. The molecule has 2 heterocycles. The quantitative estimate of drug-likeness (QED) is 0.838. The molecular weight excluding hydrogens is 216 g/mol. The zero-order chi connectivity index (χ0) is 12.1. The van der Waals surface area contributed by atoms with Crippen molar-refractivity contribution in [3.05, 3.63) is 18.1 Å². The Morgan fingerprint density at radius 3 is 2.94 bits per heavy atom. The van der Waals surface area contributed by atoms with Gasteiger partial charge < -0.3 is 15.0 Å². The molecule has 1 fully saturated rings. The van der Waals surface area contributed by atoms with Gasteiger partial charge in [0.05, 0.1) is 6.54 Å². The van der Waals surface area contributed by atoms with Gasteiger partial charge in [0.2, 0.25) is 0 Å². The largest absolute Gasteiger partial charge is 0.381 e. The first-order chi connectivity index (χ1) is 8.31. The summed E-state index contributed by atoms with van der Waals surface area (Å²) in [7, 11) is 4.00. The molecule has 0 radical (unpaired) electrons. The monoisotopic (exact) mass is 236 g/mol. The summed E-state index contributed by atoms with van der Waals surface area (Å²) >= 11 is 0. The summed E-state index contributed by atoms with van der Waals surface area (Å²) in [5.41, 5.74) is 0. The first-order valence-electron chi connectivity index (χ1n) is 6.08. The molecule has 0 atom stereocenters. The second-order valence-corrected chi connectivity index (χ2v) is 4.32. The van der Waals surface area contributed by atoms with E-state index in [1.807, 2.05) is 19.3 Å². The number of nitrogens with zero attached hydrogens (tertiary/aromatic N) is 3. The van der Waals surface area contributed by atoms with Gasteiger partial charge in [-0.1, -0.05) is 0 Å². The molecule has 2 rings (SSSR count). The highest BCUT2D eigenvalue weighted by molar-refractivity contribution is 5.37. The average molecular weight is 236 g/mol. The zero-order valence-corrected chi connectivity index (χ0v) is 10.5. The molecule has 1 aromatic heterocycles. The third-order valence-electron chi connectivity index (χ3n) is 3.13. The molecule has 1 aliphatic rings. The summed E-state index contributed by atoms with van der Waals surface area (Å²) in [6.45, 7) is 2.41. The molecule has 0 bridgehead atoms. The third-order valence-corrected chi connectivity index (χ3v) is 3.13. The number of aromatic nitrogens is 2. The highest BCUT2D eigenvalue weighted by Gasteiger charge is 2.19. The van der Waals surface area contributed by atoms with Gasteiger partial charge >= 0.3 is 0 Å². The summed E-state index contributed by atoms with van der Waals surface area (Å²) in [5.74, 6) is 1.83. The number of anilines is 1. The van der Waals surface area contributed by atoms with Gasteiger partial charge in [-0.25, -0.2) is 9.97 Å². The molecule has 0 unspecified atom stereocenters. The molecule has 1 N–H and O–H groups in total. The number of rotatable bonds is 4. The van der Waals surface area contributed by atoms with Crippen LogP contribution >= 0.6 is 0 Å². The van der Waals surface area contributed by atoms with Gasteiger partial charge in [-0.3, -0.25) is 0 Å². The fourth-order valence-electron chi connectivity index (χ4n) is 2.09. The molecule has 5 nitrogen and oxygen atoms in total. The number of hydrogen-bond donors (Lipinski definition) is 1. The van der Waals surface area contributed by atoms with Crippen molar-refractivity contribution >= 4 is 5.82 Å². The Kier molecular flexibility index (Phi) is 4.28. The van der Waals surface area contributed by atoms with Crippen LogP contribution in [0.5, 0.6) is 0 Å². The Hall–Kier alpha value is -1.20. The SMILES string of the molecule is CNCc1nccc(N(C)C2CCOCC2)n1. The van der Waals surface area contributed by atoms with Crippen LogP contribution < -0.4 is 10.2 Å². The van der Waals surface area contributed by atoms with Crippen LogP contribution in [0.25, 0.3) is 0 Å². The molecule has 1 aliphatic heterocycles. The van der Waals surface area contributed by atoms with Gasteiger partial charge in [0.15, 0.2) is 0 Å². The molecule has 0 saturated carbocycles. The Labute approximate surface area is 102 Å². The Morgan fingerprint density at radius 2 is 2.24 bits per heavy atom. The van der Waals surface area contributed by atoms with Crippen LogP contribution in [0.2, 0.25) is 0 Å². The maximum absolute atomic E-state index is 5.38. The van der Waals surface area contributed by atoms with Crippen LogP contribution in [-0.4, -0.2) is 43.3 Å². The van der Waals surface area contributed by atoms with E-state index in [1.54, 1.807) is 0 Å². The standard InChI is InChI=1S/C12H20N4O/c1-13-9-11-14-6-3-12(15-11)16(2)10-4-7-17-8-5-10/h3,6,10,13H,4-5,7-9H2,1-2H3. The molecule has 5 heteroatoms. The minimum Gasteiger partial charge on any atom is -0.381 e. The first kappa shape index (κ1) is 12.3. The van der Waals surface area contributed by atoms with Crippen LogP contribution in [0.4, 0.5) is 5.82 Å². The maximum atomic E-state index is 5.38. The van der Waals surface area contributed by atoms with Crippen molar-refractivity contribution in [2.75, 3.05) is 32.2 Å². The Balaban J connectivity index is 2.06. The fraction of sp³-hybridized carbons (Fsp3) is 0.667. The number of nitrogens with one attached hydrogen (secondary N) is 1. The Bertz CT molecular complexity index is 352. The van der Waals surface area contributed by atoms with Gasteiger partial charge in [-0.2, -0.15) is 0 Å². The van der Waals surface area contributed by atoms with Crippen LogP contribution in [0, 0.1) is 0 Å². The predicted molar refractivity (Wildman–Crippen MR) is 67.0 cm³/mol. The minimum absolute atomic E-state index is 0.529. The first-order valence-corrected chi connectivity index (χ1v) is 6.08. The molecule has 1 aromatic rings. The van der Waals surface area contributed by atoms with Crippen molar-refractivity contribution in [2.45, 2.75) is 25.4 Å². The lowest BCUT2D eigenvalue weighted by Gasteiger charge is -2.32. The highest BCUT2D eigenvalue weighted by Crippen LogP contribution is 2.18. The van der Waals surface area contributed by atoms with Crippen molar-refractivity contribution in [3.63, 3.8) is 0 Å². The lowest BCUT2D eigenvalue weighted by Crippen LogP contribution is -2.37. The van der Waals surface area contributed by atoms with E-state index in [-0.39, 0.29) is 0 Å². The maximum Gasteiger partial charge on any atom is 0.144 e. The van der Waals surface area contributed by atoms with Crippen molar-refractivity contribution in [2.24, 2.45) is 0 Å². The molecule has 94 valence electrons. The molecule has 0 aromatic carbocycles. The lowest BCUT2D eigenvalue weighted by atomic mass is 10.1. The van der Waals surface area contributed by atoms with Gasteiger partial charge in [0.25, 0.3) is 0 Å². The van der Waals surface area contributed by atoms with Gasteiger partial charge in [-0.15, -0.1) is 0 Å². The topological polar surface area (TPSA) is 50.3 Å². The number of hydrogen-bond acceptors (Lipinski definition) is 5. The third kappa shape index (κ3) is 3.14. The summed E-state index contributed by atoms with van der Waals surface area (Å²) in [5, 5.41) is 3.07. The average Bonchev–Trinajstić information content (AvgIpc) is 2.40. The molecule has 1 saturated heterocycles. The van der Waals surface area contributed by atoms with Crippen molar-refractivity contribution < 1.29 is 4.74 Å². The highest BCUT2D eigenvalue weighted by atomic mass is 16.5. The second kappa shape index (κ2) is 5.93. The van der Waals surface area contributed by atoms with Crippen LogP contribution in [-0.2, 0) is 11.3 Å². The summed E-state index contributed by atoms with van der Waals surface area (Å²) in [6.07, 6.45) is 3.97. The fourth-order valence-corrected chi connectivity index (χ4v) is 2.09. The van der Waals surface area contributed by atoms with Crippen molar-refractivity contribution in [3.8, 4) is 0 Å². The number of ether oxygens (including phenoxy) is 1. The van der Waals surface area contributed by atoms with Crippen LogP contribution in [0.1, 0.15) is 18.7 Å².